The molecule has 1 aliphatic rings. The van der Waals surface area contributed by atoms with E-state index >= 15 is 0 Å². The number of carbonyl (C=O) groups is 2. The SMILES string of the molecule is CC(OC(=O)c1cccc(S(=O)(=O)N2CCCCCC2)c1)C(=O)Nc1ccc(Cl)cc1F. The minimum atomic E-state index is -3.74. The topological polar surface area (TPSA) is 92.8 Å². The zero-order valence-corrected chi connectivity index (χ0v) is 19.1. The highest BCUT2D eigenvalue weighted by molar-refractivity contribution is 7.89. The van der Waals surface area contributed by atoms with Crippen LogP contribution in [0.5, 0.6) is 0 Å². The molecule has 0 aromatic heterocycles. The number of amides is 1. The van der Waals surface area contributed by atoms with Crippen LogP contribution in [0.2, 0.25) is 5.02 Å². The predicted octanol–water partition coefficient (Wildman–Crippen LogP) is 4.23. The molecular weight excluding hydrogens is 459 g/mol. The van der Waals surface area contributed by atoms with Gasteiger partial charge in [0.15, 0.2) is 6.10 Å². The van der Waals surface area contributed by atoms with Gasteiger partial charge < -0.3 is 10.1 Å². The number of halogens is 2. The Kier molecular flexibility index (Phi) is 7.86. The van der Waals surface area contributed by atoms with Crippen molar-refractivity contribution in [3.8, 4) is 0 Å². The maximum atomic E-state index is 13.9. The Hall–Kier alpha value is -2.49. The van der Waals surface area contributed by atoms with Crippen molar-refractivity contribution in [3.05, 3.63) is 58.9 Å². The van der Waals surface area contributed by atoms with Gasteiger partial charge in [-0.1, -0.05) is 30.5 Å². The molecule has 1 fully saturated rings. The molecule has 172 valence electrons. The molecule has 1 unspecified atom stereocenters. The number of anilines is 1. The number of rotatable bonds is 6. The van der Waals surface area contributed by atoms with E-state index in [1.54, 1.807) is 0 Å². The van der Waals surface area contributed by atoms with Crippen LogP contribution in [-0.4, -0.2) is 43.8 Å². The van der Waals surface area contributed by atoms with Gasteiger partial charge in [0, 0.05) is 18.1 Å². The Morgan fingerprint density at radius 3 is 2.44 bits per heavy atom. The first-order chi connectivity index (χ1) is 15.2. The van der Waals surface area contributed by atoms with E-state index in [2.05, 4.69) is 5.32 Å². The van der Waals surface area contributed by atoms with Gasteiger partial charge in [-0.15, -0.1) is 0 Å². The van der Waals surface area contributed by atoms with E-state index in [1.807, 2.05) is 0 Å². The molecule has 0 bridgehead atoms. The summed E-state index contributed by atoms with van der Waals surface area (Å²) in [5.41, 5.74) is -0.105. The van der Waals surface area contributed by atoms with E-state index in [0.29, 0.717) is 13.1 Å². The van der Waals surface area contributed by atoms with Crippen LogP contribution >= 0.6 is 11.6 Å². The van der Waals surface area contributed by atoms with Gasteiger partial charge in [0.2, 0.25) is 10.0 Å². The maximum absolute atomic E-state index is 13.9. The smallest absolute Gasteiger partial charge is 0.338 e. The minimum Gasteiger partial charge on any atom is -0.449 e. The minimum absolute atomic E-state index is 0.00165. The zero-order valence-electron chi connectivity index (χ0n) is 17.5. The van der Waals surface area contributed by atoms with Crippen molar-refractivity contribution in [1.29, 1.82) is 0 Å². The lowest BCUT2D eigenvalue weighted by Gasteiger charge is -2.20. The molecule has 0 radical (unpaired) electrons. The van der Waals surface area contributed by atoms with Gasteiger partial charge in [0.25, 0.3) is 5.91 Å². The van der Waals surface area contributed by atoms with E-state index in [1.165, 1.54) is 47.6 Å². The molecule has 2 aromatic carbocycles. The van der Waals surface area contributed by atoms with Gasteiger partial charge in [0.1, 0.15) is 5.82 Å². The van der Waals surface area contributed by atoms with Crippen LogP contribution < -0.4 is 5.32 Å². The lowest BCUT2D eigenvalue weighted by molar-refractivity contribution is -0.123. The van der Waals surface area contributed by atoms with Gasteiger partial charge in [-0.25, -0.2) is 17.6 Å². The summed E-state index contributed by atoms with van der Waals surface area (Å²) in [5.74, 6) is -2.33. The Morgan fingerprint density at radius 2 is 1.78 bits per heavy atom. The van der Waals surface area contributed by atoms with Gasteiger partial charge in [-0.3, -0.25) is 4.79 Å². The summed E-state index contributed by atoms with van der Waals surface area (Å²) in [6.45, 7) is 2.21. The summed E-state index contributed by atoms with van der Waals surface area (Å²) in [4.78, 5) is 24.8. The summed E-state index contributed by atoms with van der Waals surface area (Å²) in [5, 5.41) is 2.50. The Bertz CT molecular complexity index is 1100. The molecule has 10 heteroatoms. The Labute approximate surface area is 191 Å². The van der Waals surface area contributed by atoms with Crippen LogP contribution in [0.15, 0.2) is 47.4 Å². The fourth-order valence-corrected chi connectivity index (χ4v) is 5.04. The highest BCUT2D eigenvalue weighted by Crippen LogP contribution is 2.22. The Balaban J connectivity index is 1.69. The second kappa shape index (κ2) is 10.4. The highest BCUT2D eigenvalue weighted by atomic mass is 35.5. The van der Waals surface area contributed by atoms with Crippen molar-refractivity contribution in [2.24, 2.45) is 0 Å². The van der Waals surface area contributed by atoms with Crippen LogP contribution in [0.3, 0.4) is 0 Å². The van der Waals surface area contributed by atoms with Crippen LogP contribution in [0.25, 0.3) is 0 Å². The monoisotopic (exact) mass is 482 g/mol. The average molecular weight is 483 g/mol. The summed E-state index contributed by atoms with van der Waals surface area (Å²) in [7, 11) is -3.74. The molecule has 2 aromatic rings. The van der Waals surface area contributed by atoms with Crippen LogP contribution in [0, 0.1) is 5.82 Å². The first-order valence-electron chi connectivity index (χ1n) is 10.3. The first kappa shape index (κ1) is 24.2. The molecule has 1 atom stereocenters. The number of nitrogens with zero attached hydrogens (tertiary/aromatic N) is 1. The third-order valence-electron chi connectivity index (χ3n) is 5.11. The third kappa shape index (κ3) is 5.85. The zero-order chi connectivity index (χ0) is 23.3. The van der Waals surface area contributed by atoms with Gasteiger partial charge in [0.05, 0.1) is 16.1 Å². The number of hydrogen-bond donors (Lipinski definition) is 1. The number of esters is 1. The van der Waals surface area contributed by atoms with Crippen molar-refractivity contribution in [2.45, 2.75) is 43.6 Å². The van der Waals surface area contributed by atoms with Crippen LogP contribution in [0.4, 0.5) is 10.1 Å². The van der Waals surface area contributed by atoms with Crippen LogP contribution in [0.1, 0.15) is 43.0 Å². The number of benzene rings is 2. The number of ether oxygens (including phenoxy) is 1. The fraction of sp³-hybridized carbons (Fsp3) is 0.364. The predicted molar refractivity (Wildman–Crippen MR) is 119 cm³/mol. The number of nitrogens with one attached hydrogen (secondary N) is 1. The van der Waals surface area contributed by atoms with E-state index in [9.17, 15) is 22.4 Å². The number of carbonyl (C=O) groups excluding carboxylic acids is 2. The number of sulfonamides is 1. The van der Waals surface area contributed by atoms with Crippen molar-refractivity contribution in [2.75, 3.05) is 18.4 Å². The summed E-state index contributed by atoms with van der Waals surface area (Å²) in [6.07, 6.45) is 2.31. The molecule has 0 aliphatic carbocycles. The summed E-state index contributed by atoms with van der Waals surface area (Å²) >= 11 is 5.69. The van der Waals surface area contributed by atoms with Crippen molar-refractivity contribution >= 4 is 39.2 Å². The van der Waals surface area contributed by atoms with Crippen molar-refractivity contribution in [1.82, 2.24) is 4.31 Å². The normalized spacial score (nSPS) is 16.1. The molecule has 7 nitrogen and oxygen atoms in total. The molecule has 0 saturated carbocycles. The van der Waals surface area contributed by atoms with Gasteiger partial charge >= 0.3 is 5.97 Å². The van der Waals surface area contributed by atoms with E-state index in [0.717, 1.165) is 31.7 Å². The van der Waals surface area contributed by atoms with E-state index in [-0.39, 0.29) is 21.2 Å². The molecule has 1 amide bonds. The molecular formula is C22H24ClFN2O5S. The molecule has 1 heterocycles. The average Bonchev–Trinajstić information content (AvgIpc) is 3.06. The molecule has 1 saturated heterocycles. The first-order valence-corrected chi connectivity index (χ1v) is 12.1. The largest absolute Gasteiger partial charge is 0.449 e. The van der Waals surface area contributed by atoms with Gasteiger partial charge in [-0.2, -0.15) is 4.31 Å². The lowest BCUT2D eigenvalue weighted by Crippen LogP contribution is -2.32. The molecule has 1 N–H and O–H groups in total. The molecule has 1 aliphatic heterocycles. The van der Waals surface area contributed by atoms with E-state index < -0.39 is 33.8 Å². The van der Waals surface area contributed by atoms with Crippen LogP contribution in [-0.2, 0) is 19.6 Å². The molecule has 32 heavy (non-hydrogen) atoms. The van der Waals surface area contributed by atoms with E-state index in [4.69, 9.17) is 16.3 Å². The summed E-state index contributed by atoms with van der Waals surface area (Å²) in [6, 6.07) is 9.28. The quantitative estimate of drug-likeness (QED) is 0.622. The lowest BCUT2D eigenvalue weighted by atomic mass is 10.2. The van der Waals surface area contributed by atoms with Crippen molar-refractivity contribution < 1.29 is 27.1 Å². The third-order valence-corrected chi connectivity index (χ3v) is 7.24. The molecule has 0 spiro atoms. The van der Waals surface area contributed by atoms with Gasteiger partial charge in [-0.05, 0) is 56.2 Å². The highest BCUT2D eigenvalue weighted by Gasteiger charge is 2.27. The standard InChI is InChI=1S/C22H24ClFN2O5S/c1-15(21(27)25-20-10-9-17(23)14-19(20)24)31-22(28)16-7-6-8-18(13-16)32(29,30)26-11-4-2-3-5-12-26/h6-10,13-15H,2-5,11-12H2,1H3,(H,25,27). The number of hydrogen-bond acceptors (Lipinski definition) is 5. The second-order valence-electron chi connectivity index (χ2n) is 7.51. The Morgan fingerprint density at radius 1 is 1.09 bits per heavy atom. The fourth-order valence-electron chi connectivity index (χ4n) is 3.32. The maximum Gasteiger partial charge on any atom is 0.338 e. The summed E-state index contributed by atoms with van der Waals surface area (Å²) < 4.78 is 46.4. The molecule has 3 rings (SSSR count). The van der Waals surface area contributed by atoms with Crippen molar-refractivity contribution in [3.63, 3.8) is 0 Å². The second-order valence-corrected chi connectivity index (χ2v) is 9.88.